The second-order valence-corrected chi connectivity index (χ2v) is 5.33. The molecule has 21 heavy (non-hydrogen) atoms. The van der Waals surface area contributed by atoms with Crippen molar-refractivity contribution in [2.75, 3.05) is 5.32 Å². The van der Waals surface area contributed by atoms with E-state index in [4.69, 9.17) is 16.0 Å². The third-order valence-corrected chi connectivity index (χ3v) is 3.77. The standard InChI is InChI=1S/C16H16ClN3O/c1-11-5-3-6-12(17)14(11)19-15(13-7-4-10-21-13)16-18-8-9-20(16)2/h3-10,15,19H,1-2H3. The van der Waals surface area contributed by atoms with Crippen molar-refractivity contribution in [2.24, 2.45) is 7.05 Å². The number of imidazole rings is 1. The van der Waals surface area contributed by atoms with Crippen LogP contribution >= 0.6 is 11.6 Å². The number of para-hydroxylation sites is 1. The van der Waals surface area contributed by atoms with E-state index in [1.165, 1.54) is 0 Å². The third-order valence-electron chi connectivity index (χ3n) is 3.45. The topological polar surface area (TPSA) is 43.0 Å². The van der Waals surface area contributed by atoms with Gasteiger partial charge in [0.25, 0.3) is 0 Å². The van der Waals surface area contributed by atoms with Crippen LogP contribution in [-0.2, 0) is 7.05 Å². The number of hydrogen-bond acceptors (Lipinski definition) is 3. The summed E-state index contributed by atoms with van der Waals surface area (Å²) in [5, 5.41) is 4.13. The molecule has 0 amide bonds. The van der Waals surface area contributed by atoms with Gasteiger partial charge >= 0.3 is 0 Å². The molecule has 0 aliphatic heterocycles. The summed E-state index contributed by atoms with van der Waals surface area (Å²) in [6.45, 7) is 2.02. The van der Waals surface area contributed by atoms with Gasteiger partial charge in [-0.1, -0.05) is 23.7 Å². The van der Waals surface area contributed by atoms with Gasteiger partial charge in [0, 0.05) is 19.4 Å². The number of hydrogen-bond donors (Lipinski definition) is 1. The Morgan fingerprint density at radius 2 is 2.14 bits per heavy atom. The Hall–Kier alpha value is -2.20. The molecule has 3 rings (SSSR count). The summed E-state index contributed by atoms with van der Waals surface area (Å²) in [7, 11) is 1.96. The van der Waals surface area contributed by atoms with Crippen LogP contribution in [0, 0.1) is 6.92 Å². The minimum atomic E-state index is -0.196. The van der Waals surface area contributed by atoms with Gasteiger partial charge in [-0.2, -0.15) is 0 Å². The molecule has 1 aromatic carbocycles. The Morgan fingerprint density at radius 3 is 2.76 bits per heavy atom. The van der Waals surface area contributed by atoms with E-state index in [2.05, 4.69) is 10.3 Å². The molecule has 3 aromatic rings. The molecule has 5 heteroatoms. The van der Waals surface area contributed by atoms with Crippen LogP contribution in [0.4, 0.5) is 5.69 Å². The molecule has 0 spiro atoms. The highest BCUT2D eigenvalue weighted by atomic mass is 35.5. The van der Waals surface area contributed by atoms with E-state index in [1.54, 1.807) is 12.5 Å². The average Bonchev–Trinajstić information content (AvgIpc) is 3.11. The summed E-state index contributed by atoms with van der Waals surface area (Å²) in [5.74, 6) is 1.66. The van der Waals surface area contributed by atoms with Crippen molar-refractivity contribution >= 4 is 17.3 Å². The van der Waals surface area contributed by atoms with Gasteiger partial charge in [-0.25, -0.2) is 4.98 Å². The normalized spacial score (nSPS) is 12.3. The van der Waals surface area contributed by atoms with Gasteiger partial charge < -0.3 is 14.3 Å². The van der Waals surface area contributed by atoms with Crippen LogP contribution in [0.1, 0.15) is 23.2 Å². The molecule has 1 unspecified atom stereocenters. The van der Waals surface area contributed by atoms with Crippen LogP contribution in [0.25, 0.3) is 0 Å². The molecule has 1 N–H and O–H groups in total. The van der Waals surface area contributed by atoms with Gasteiger partial charge in [0.1, 0.15) is 17.6 Å². The van der Waals surface area contributed by atoms with Gasteiger partial charge in [-0.3, -0.25) is 0 Å². The van der Waals surface area contributed by atoms with E-state index in [0.717, 1.165) is 22.8 Å². The molecule has 2 heterocycles. The minimum absolute atomic E-state index is 0.196. The van der Waals surface area contributed by atoms with Crippen LogP contribution in [0.5, 0.6) is 0 Å². The summed E-state index contributed by atoms with van der Waals surface area (Å²) in [5.41, 5.74) is 1.97. The molecular weight excluding hydrogens is 286 g/mol. The van der Waals surface area contributed by atoms with Crippen molar-refractivity contribution in [2.45, 2.75) is 13.0 Å². The number of aromatic nitrogens is 2. The Bertz CT molecular complexity index is 714. The molecule has 0 saturated carbocycles. The smallest absolute Gasteiger partial charge is 0.143 e. The maximum absolute atomic E-state index is 6.32. The fraction of sp³-hybridized carbons (Fsp3) is 0.188. The highest BCUT2D eigenvalue weighted by Gasteiger charge is 2.22. The van der Waals surface area contributed by atoms with Crippen LogP contribution < -0.4 is 5.32 Å². The Morgan fingerprint density at radius 1 is 1.29 bits per heavy atom. The van der Waals surface area contributed by atoms with E-state index >= 15 is 0 Å². The van der Waals surface area contributed by atoms with Crippen LogP contribution in [0.2, 0.25) is 5.02 Å². The molecule has 1 atom stereocenters. The van der Waals surface area contributed by atoms with Gasteiger partial charge in [-0.05, 0) is 30.7 Å². The zero-order chi connectivity index (χ0) is 14.8. The number of rotatable bonds is 4. The Kier molecular flexibility index (Phi) is 3.71. The van der Waals surface area contributed by atoms with E-state index in [0.29, 0.717) is 5.02 Å². The monoisotopic (exact) mass is 301 g/mol. The zero-order valence-electron chi connectivity index (χ0n) is 11.9. The van der Waals surface area contributed by atoms with Crippen LogP contribution in [-0.4, -0.2) is 9.55 Å². The molecule has 0 radical (unpaired) electrons. The molecular formula is C16H16ClN3O. The number of furan rings is 1. The first-order chi connectivity index (χ1) is 10.2. The molecule has 0 fully saturated rings. The first-order valence-corrected chi connectivity index (χ1v) is 7.07. The van der Waals surface area contributed by atoms with Crippen molar-refractivity contribution < 1.29 is 4.42 Å². The second kappa shape index (κ2) is 5.66. The lowest BCUT2D eigenvalue weighted by molar-refractivity contribution is 0.488. The fourth-order valence-electron chi connectivity index (χ4n) is 2.33. The number of aryl methyl sites for hydroxylation is 2. The number of nitrogens with zero attached hydrogens (tertiary/aromatic N) is 2. The second-order valence-electron chi connectivity index (χ2n) is 4.92. The third kappa shape index (κ3) is 2.67. The largest absolute Gasteiger partial charge is 0.467 e. The number of benzene rings is 1. The van der Waals surface area contributed by atoms with Crippen molar-refractivity contribution in [1.29, 1.82) is 0 Å². The van der Waals surface area contributed by atoms with E-state index < -0.39 is 0 Å². The predicted molar refractivity (Wildman–Crippen MR) is 83.6 cm³/mol. The van der Waals surface area contributed by atoms with Crippen molar-refractivity contribution in [3.8, 4) is 0 Å². The maximum Gasteiger partial charge on any atom is 0.143 e. The number of anilines is 1. The van der Waals surface area contributed by atoms with Gasteiger partial charge in [-0.15, -0.1) is 0 Å². The number of halogens is 1. The average molecular weight is 302 g/mol. The Labute approximate surface area is 128 Å². The first-order valence-electron chi connectivity index (χ1n) is 6.69. The van der Waals surface area contributed by atoms with Crippen molar-refractivity contribution in [3.05, 3.63) is 71.2 Å². The van der Waals surface area contributed by atoms with Gasteiger partial charge in [0.2, 0.25) is 0 Å². The maximum atomic E-state index is 6.32. The van der Waals surface area contributed by atoms with E-state index in [1.807, 2.05) is 55.1 Å². The molecule has 0 saturated heterocycles. The molecule has 4 nitrogen and oxygen atoms in total. The molecule has 108 valence electrons. The van der Waals surface area contributed by atoms with Crippen LogP contribution in [0.3, 0.4) is 0 Å². The number of nitrogens with one attached hydrogen (secondary N) is 1. The molecule has 2 aromatic heterocycles. The lowest BCUT2D eigenvalue weighted by Gasteiger charge is -2.20. The highest BCUT2D eigenvalue weighted by Crippen LogP contribution is 2.32. The zero-order valence-corrected chi connectivity index (χ0v) is 12.6. The Balaban J connectivity index is 2.03. The summed E-state index contributed by atoms with van der Waals surface area (Å²) >= 11 is 6.32. The fourth-order valence-corrected chi connectivity index (χ4v) is 2.61. The van der Waals surface area contributed by atoms with Crippen molar-refractivity contribution in [3.63, 3.8) is 0 Å². The lowest BCUT2D eigenvalue weighted by atomic mass is 10.1. The van der Waals surface area contributed by atoms with E-state index in [-0.39, 0.29) is 6.04 Å². The lowest BCUT2D eigenvalue weighted by Crippen LogP contribution is -2.17. The summed E-state index contributed by atoms with van der Waals surface area (Å²) in [4.78, 5) is 4.42. The minimum Gasteiger partial charge on any atom is -0.467 e. The quantitative estimate of drug-likeness (QED) is 0.786. The van der Waals surface area contributed by atoms with Gasteiger partial charge in [0.05, 0.1) is 17.0 Å². The highest BCUT2D eigenvalue weighted by molar-refractivity contribution is 6.33. The SMILES string of the molecule is Cc1cccc(Cl)c1NC(c1ccco1)c1nccn1C. The molecule has 0 aliphatic carbocycles. The summed E-state index contributed by atoms with van der Waals surface area (Å²) in [6.07, 6.45) is 5.34. The first kappa shape index (κ1) is 13.8. The molecule has 0 aliphatic rings. The predicted octanol–water partition coefficient (Wildman–Crippen LogP) is 4.18. The van der Waals surface area contributed by atoms with Crippen LogP contribution in [0.15, 0.2) is 53.4 Å². The summed E-state index contributed by atoms with van der Waals surface area (Å²) in [6, 6.07) is 9.43. The van der Waals surface area contributed by atoms with Crippen molar-refractivity contribution in [1.82, 2.24) is 9.55 Å². The summed E-state index contributed by atoms with van der Waals surface area (Å²) < 4.78 is 7.53. The van der Waals surface area contributed by atoms with Gasteiger partial charge in [0.15, 0.2) is 0 Å². The van der Waals surface area contributed by atoms with E-state index in [9.17, 15) is 0 Å². The molecule has 0 bridgehead atoms.